The first kappa shape index (κ1) is 21.9. The number of unbranched alkanes of at least 4 members (excludes halogenated alkanes) is 9. The van der Waals surface area contributed by atoms with Gasteiger partial charge in [-0.2, -0.15) is 0 Å². The van der Waals surface area contributed by atoms with E-state index in [4.69, 9.17) is 0 Å². The molecule has 143 valence electrons. The molecule has 0 bridgehead atoms. The van der Waals surface area contributed by atoms with Crippen LogP contribution >= 0.6 is 0 Å². The average Bonchev–Trinajstić information content (AvgIpc) is 2.54. The van der Waals surface area contributed by atoms with Gasteiger partial charge in [0.2, 0.25) is 0 Å². The number of hydrogen-bond acceptors (Lipinski definition) is 2. The molecule has 0 aliphatic heterocycles. The number of sulfone groups is 1. The third-order valence-corrected chi connectivity index (χ3v) is 5.89. The van der Waals surface area contributed by atoms with Gasteiger partial charge in [0.1, 0.15) is 4.90 Å². The van der Waals surface area contributed by atoms with Crippen LogP contribution < -0.4 is 0 Å². The van der Waals surface area contributed by atoms with Crippen molar-refractivity contribution >= 4 is 9.84 Å². The molecule has 0 aliphatic rings. The highest BCUT2D eigenvalue weighted by Crippen LogP contribution is 2.25. The van der Waals surface area contributed by atoms with Crippen molar-refractivity contribution in [1.29, 1.82) is 0 Å². The van der Waals surface area contributed by atoms with E-state index in [9.17, 15) is 26.0 Å². The smallest absolute Gasteiger partial charge is 0.184 e. The van der Waals surface area contributed by atoms with E-state index in [1.165, 1.54) is 31.7 Å². The highest BCUT2D eigenvalue weighted by Gasteiger charge is 2.29. The summed E-state index contributed by atoms with van der Waals surface area (Å²) in [5.74, 6) is -8.03. The fourth-order valence-corrected chi connectivity index (χ4v) is 4.17. The van der Waals surface area contributed by atoms with Gasteiger partial charge in [-0.3, -0.25) is 0 Å². The Hall–Kier alpha value is -1.11. The first-order valence-corrected chi connectivity index (χ1v) is 10.4. The SMILES string of the molecule is CCCCCCCCCCCCS(=O)(=O)c1c(F)c(F)[c]c(F)c1F. The van der Waals surface area contributed by atoms with Crippen molar-refractivity contribution in [2.45, 2.75) is 76.0 Å². The Balaban J connectivity index is 2.40. The lowest BCUT2D eigenvalue weighted by atomic mass is 10.1. The lowest BCUT2D eigenvalue weighted by molar-refractivity contribution is 0.417. The van der Waals surface area contributed by atoms with Gasteiger partial charge in [0, 0.05) is 0 Å². The maximum absolute atomic E-state index is 13.5. The molecule has 0 saturated carbocycles. The van der Waals surface area contributed by atoms with Crippen molar-refractivity contribution in [1.82, 2.24) is 0 Å². The molecule has 7 heteroatoms. The Morgan fingerprint density at radius 3 is 1.56 bits per heavy atom. The molecule has 0 N–H and O–H groups in total. The second-order valence-corrected chi connectivity index (χ2v) is 8.26. The fraction of sp³-hybridized carbons (Fsp3) is 0.667. The maximum Gasteiger partial charge on any atom is 0.184 e. The maximum atomic E-state index is 13.5. The van der Waals surface area contributed by atoms with Crippen LogP contribution in [0, 0.1) is 29.3 Å². The third kappa shape index (κ3) is 6.96. The molecule has 25 heavy (non-hydrogen) atoms. The second-order valence-electron chi connectivity index (χ2n) is 6.21. The molecule has 0 heterocycles. The number of rotatable bonds is 12. The van der Waals surface area contributed by atoms with E-state index in [1.54, 1.807) is 0 Å². The van der Waals surface area contributed by atoms with Crippen LogP contribution in [-0.4, -0.2) is 14.2 Å². The van der Waals surface area contributed by atoms with Crippen LogP contribution in [0.15, 0.2) is 4.90 Å². The summed E-state index contributed by atoms with van der Waals surface area (Å²) < 4.78 is 77.2. The van der Waals surface area contributed by atoms with Crippen LogP contribution in [0.25, 0.3) is 0 Å². The van der Waals surface area contributed by atoms with Crippen LogP contribution in [0.5, 0.6) is 0 Å². The Kier molecular flexibility index (Phi) is 9.46. The van der Waals surface area contributed by atoms with Gasteiger partial charge in [-0.25, -0.2) is 26.0 Å². The Morgan fingerprint density at radius 2 is 1.12 bits per heavy atom. The minimum atomic E-state index is -4.42. The Bertz CT molecular complexity index is 619. The van der Waals surface area contributed by atoms with E-state index in [0.29, 0.717) is 6.42 Å². The van der Waals surface area contributed by atoms with Gasteiger partial charge in [0.05, 0.1) is 11.8 Å². The monoisotopic (exact) mass is 381 g/mol. The molecule has 1 aromatic rings. The van der Waals surface area contributed by atoms with Crippen molar-refractivity contribution < 1.29 is 26.0 Å². The lowest BCUT2D eigenvalue weighted by Crippen LogP contribution is -2.14. The van der Waals surface area contributed by atoms with Crippen molar-refractivity contribution in [3.8, 4) is 0 Å². The molecule has 0 spiro atoms. The molecule has 0 saturated heterocycles. The minimum absolute atomic E-state index is 0.193. The summed E-state index contributed by atoms with van der Waals surface area (Å²) in [5.41, 5.74) is 0. The topological polar surface area (TPSA) is 34.1 Å². The molecule has 1 aromatic carbocycles. The third-order valence-electron chi connectivity index (χ3n) is 4.08. The molecular weight excluding hydrogens is 356 g/mol. The summed E-state index contributed by atoms with van der Waals surface area (Å²) in [4.78, 5) is -1.53. The molecule has 0 amide bonds. The van der Waals surface area contributed by atoms with Crippen LogP contribution in [0.1, 0.15) is 71.1 Å². The zero-order valence-corrected chi connectivity index (χ0v) is 15.3. The summed E-state index contributed by atoms with van der Waals surface area (Å²) in [6, 6.07) is 1.18. The molecule has 2 nitrogen and oxygen atoms in total. The van der Waals surface area contributed by atoms with Gasteiger partial charge in [0.15, 0.2) is 33.1 Å². The minimum Gasteiger partial charge on any atom is -0.223 e. The van der Waals surface area contributed by atoms with E-state index in [-0.39, 0.29) is 6.42 Å². The standard InChI is InChI=1S/C18H25F4O2S/c1-2-3-4-5-6-7-8-9-10-11-12-25(23,24)18-16(21)14(19)13-15(20)17(18)22/h2-12H2,1H3. The van der Waals surface area contributed by atoms with Crippen LogP contribution in [0.2, 0.25) is 0 Å². The van der Waals surface area contributed by atoms with Gasteiger partial charge in [-0.05, 0) is 6.42 Å². The quantitative estimate of drug-likeness (QED) is 0.263. The summed E-state index contributed by atoms with van der Waals surface area (Å²) >= 11 is 0. The van der Waals surface area contributed by atoms with Gasteiger partial charge in [0.25, 0.3) is 0 Å². The van der Waals surface area contributed by atoms with E-state index < -0.39 is 43.8 Å². The van der Waals surface area contributed by atoms with Crippen LogP contribution in [0.3, 0.4) is 0 Å². The first-order chi connectivity index (χ1) is 11.8. The van der Waals surface area contributed by atoms with Crippen LogP contribution in [-0.2, 0) is 9.84 Å². The van der Waals surface area contributed by atoms with E-state index in [2.05, 4.69) is 6.92 Å². The highest BCUT2D eigenvalue weighted by molar-refractivity contribution is 7.91. The molecule has 1 rings (SSSR count). The zero-order valence-electron chi connectivity index (χ0n) is 14.5. The zero-order chi connectivity index (χ0) is 18.9. The lowest BCUT2D eigenvalue weighted by Gasteiger charge is -2.08. The molecule has 1 radical (unpaired) electrons. The number of benzene rings is 1. The van der Waals surface area contributed by atoms with E-state index in [1.807, 2.05) is 0 Å². The van der Waals surface area contributed by atoms with Crippen molar-refractivity contribution in [2.24, 2.45) is 0 Å². The molecule has 0 fully saturated rings. The van der Waals surface area contributed by atoms with E-state index >= 15 is 0 Å². The highest BCUT2D eigenvalue weighted by atomic mass is 32.2. The van der Waals surface area contributed by atoms with E-state index in [0.717, 1.165) is 25.7 Å². The largest absolute Gasteiger partial charge is 0.223 e. The molecule has 0 atom stereocenters. The van der Waals surface area contributed by atoms with Crippen LogP contribution in [0.4, 0.5) is 17.6 Å². The van der Waals surface area contributed by atoms with Gasteiger partial charge in [-0.15, -0.1) is 0 Å². The predicted molar refractivity (Wildman–Crippen MR) is 89.0 cm³/mol. The molecular formula is C18H25F4O2S. The van der Waals surface area contributed by atoms with Gasteiger partial charge >= 0.3 is 0 Å². The van der Waals surface area contributed by atoms with Crippen molar-refractivity contribution in [3.63, 3.8) is 0 Å². The number of hydrogen-bond donors (Lipinski definition) is 0. The fourth-order valence-electron chi connectivity index (χ4n) is 2.66. The predicted octanol–water partition coefficient (Wildman–Crippen LogP) is 5.74. The molecule has 0 aromatic heterocycles. The Morgan fingerprint density at radius 1 is 0.720 bits per heavy atom. The summed E-state index contributed by atoms with van der Waals surface area (Å²) in [5, 5.41) is 0. The summed E-state index contributed by atoms with van der Waals surface area (Å²) in [6.45, 7) is 2.16. The van der Waals surface area contributed by atoms with Crippen molar-refractivity contribution in [2.75, 3.05) is 5.75 Å². The normalized spacial score (nSPS) is 11.9. The van der Waals surface area contributed by atoms with Gasteiger partial charge in [-0.1, -0.05) is 64.7 Å². The molecule has 0 unspecified atom stereocenters. The Labute approximate surface area is 147 Å². The van der Waals surface area contributed by atoms with Gasteiger partial charge < -0.3 is 0 Å². The van der Waals surface area contributed by atoms with Crippen molar-refractivity contribution in [3.05, 3.63) is 29.3 Å². The summed E-state index contributed by atoms with van der Waals surface area (Å²) in [6.07, 6.45) is 9.65. The second kappa shape index (κ2) is 10.8. The summed E-state index contributed by atoms with van der Waals surface area (Å²) in [7, 11) is -4.42. The average molecular weight is 381 g/mol. The number of halogens is 4. The first-order valence-electron chi connectivity index (χ1n) is 8.79. The molecule has 0 aliphatic carbocycles.